The van der Waals surface area contributed by atoms with Gasteiger partial charge in [-0.25, -0.2) is 0 Å². The molecule has 6 saturated heterocycles. The van der Waals surface area contributed by atoms with Gasteiger partial charge in [0.15, 0.2) is 0 Å². The maximum atomic E-state index is 6.91. The van der Waals surface area contributed by atoms with Crippen LogP contribution < -0.4 is 25.2 Å². The number of hydrogen-bond donors (Lipinski definition) is 2. The van der Waals surface area contributed by atoms with Gasteiger partial charge < -0.3 is 44.1 Å². The van der Waals surface area contributed by atoms with Crippen molar-refractivity contribution in [2.24, 2.45) is 23.7 Å². The molecule has 0 amide bonds. The number of piperazine rings is 2. The van der Waals surface area contributed by atoms with Crippen LogP contribution in [0.2, 0.25) is 0 Å². The number of nitrogens with zero attached hydrogens (tertiary/aromatic N) is 2. The second-order valence-corrected chi connectivity index (χ2v) is 14.6. The molecule has 2 N–H and O–H groups in total. The van der Waals surface area contributed by atoms with Crippen LogP contribution in [0, 0.1) is 23.7 Å². The number of hydrogen-bond acceptors (Lipinski definition) is 9. The molecule has 6 aliphatic rings. The third-order valence-corrected chi connectivity index (χ3v) is 11.8. The van der Waals surface area contributed by atoms with Crippen molar-refractivity contribution in [3.63, 3.8) is 0 Å². The highest BCUT2D eigenvalue weighted by molar-refractivity contribution is 5.61. The van der Waals surface area contributed by atoms with Crippen molar-refractivity contribution >= 4 is 11.4 Å². The molecule has 8 rings (SSSR count). The van der Waals surface area contributed by atoms with E-state index in [4.69, 9.17) is 23.7 Å². The number of anilines is 2. The summed E-state index contributed by atoms with van der Waals surface area (Å²) >= 11 is 0. The van der Waals surface area contributed by atoms with Crippen molar-refractivity contribution in [1.82, 2.24) is 10.6 Å². The summed E-state index contributed by atoms with van der Waals surface area (Å²) in [6.45, 7) is 14.9. The van der Waals surface area contributed by atoms with Gasteiger partial charge >= 0.3 is 0 Å². The largest absolute Gasteiger partial charge is 0.457 e. The quantitative estimate of drug-likeness (QED) is 0.385. The van der Waals surface area contributed by atoms with Crippen LogP contribution in [0.1, 0.15) is 48.6 Å². The van der Waals surface area contributed by atoms with Crippen molar-refractivity contribution < 1.29 is 23.7 Å². The second-order valence-electron chi connectivity index (χ2n) is 14.6. The molecule has 6 aliphatic heterocycles. The van der Waals surface area contributed by atoms with E-state index in [1.54, 1.807) is 0 Å². The number of nitrogens with one attached hydrogen (secondary N) is 2. The minimum atomic E-state index is 0.396. The Labute approximate surface area is 280 Å². The van der Waals surface area contributed by atoms with Gasteiger partial charge in [-0.3, -0.25) is 0 Å². The SMILES string of the molecule is c1cc(N2CCNCC2)c(C(C2CCOC2)C2CCOC2)cc1Oc1ccc(N2CCNCC2)c(C(C2CCOC2)C2CCOC2)c1. The van der Waals surface area contributed by atoms with Gasteiger partial charge in [-0.2, -0.15) is 0 Å². The van der Waals surface area contributed by atoms with E-state index in [1.807, 2.05) is 0 Å². The molecule has 0 aromatic heterocycles. The molecule has 2 aromatic carbocycles. The summed E-state index contributed by atoms with van der Waals surface area (Å²) in [5, 5.41) is 7.08. The normalized spacial score (nSPS) is 29.8. The van der Waals surface area contributed by atoms with Crippen LogP contribution in [0.5, 0.6) is 11.5 Å². The molecule has 9 nitrogen and oxygen atoms in total. The average molecular weight is 647 g/mol. The minimum absolute atomic E-state index is 0.396. The van der Waals surface area contributed by atoms with Gasteiger partial charge in [-0.15, -0.1) is 0 Å². The number of ether oxygens (including phenoxy) is 5. The lowest BCUT2D eigenvalue weighted by Crippen LogP contribution is -2.44. The van der Waals surface area contributed by atoms with Gasteiger partial charge in [-0.1, -0.05) is 0 Å². The first kappa shape index (κ1) is 31.8. The zero-order chi connectivity index (χ0) is 31.4. The Bertz CT molecular complexity index is 1180. The van der Waals surface area contributed by atoms with Crippen LogP contribution in [0.15, 0.2) is 36.4 Å². The van der Waals surface area contributed by atoms with E-state index in [0.29, 0.717) is 35.5 Å². The smallest absolute Gasteiger partial charge is 0.127 e. The van der Waals surface area contributed by atoms with Crippen molar-refractivity contribution in [2.45, 2.75) is 37.5 Å². The van der Waals surface area contributed by atoms with Gasteiger partial charge in [0.05, 0.1) is 26.4 Å². The molecule has 0 radical (unpaired) electrons. The van der Waals surface area contributed by atoms with E-state index in [-0.39, 0.29) is 0 Å². The Morgan fingerprint density at radius 2 is 0.894 bits per heavy atom. The molecule has 256 valence electrons. The molecular weight excluding hydrogens is 592 g/mol. The monoisotopic (exact) mass is 646 g/mol. The van der Waals surface area contributed by atoms with Crippen molar-refractivity contribution in [1.29, 1.82) is 0 Å². The van der Waals surface area contributed by atoms with E-state index in [0.717, 1.165) is 142 Å². The summed E-state index contributed by atoms with van der Waals surface area (Å²) in [4.78, 5) is 5.15. The highest BCUT2D eigenvalue weighted by atomic mass is 16.5. The van der Waals surface area contributed by atoms with Crippen LogP contribution in [0.25, 0.3) is 0 Å². The first-order valence-electron chi connectivity index (χ1n) is 18.5. The van der Waals surface area contributed by atoms with Gasteiger partial charge in [-0.05, 0) is 109 Å². The summed E-state index contributed by atoms with van der Waals surface area (Å²) in [5.74, 6) is 4.66. The molecule has 4 atom stereocenters. The lowest BCUT2D eigenvalue weighted by Gasteiger charge is -2.36. The van der Waals surface area contributed by atoms with E-state index in [2.05, 4.69) is 56.8 Å². The zero-order valence-corrected chi connectivity index (χ0v) is 28.0. The summed E-state index contributed by atoms with van der Waals surface area (Å²) < 4.78 is 30.9. The van der Waals surface area contributed by atoms with Gasteiger partial charge in [0.2, 0.25) is 0 Å². The fourth-order valence-corrected chi connectivity index (χ4v) is 9.38. The van der Waals surface area contributed by atoms with E-state index in [1.165, 1.54) is 22.5 Å². The summed E-state index contributed by atoms with van der Waals surface area (Å²) in [6.07, 6.45) is 4.45. The fourth-order valence-electron chi connectivity index (χ4n) is 9.38. The van der Waals surface area contributed by atoms with Crippen LogP contribution in [0.4, 0.5) is 11.4 Å². The average Bonchev–Trinajstić information content (AvgIpc) is 3.97. The first-order chi connectivity index (χ1) is 23.3. The predicted molar refractivity (Wildman–Crippen MR) is 184 cm³/mol. The predicted octanol–water partition coefficient (Wildman–Crippen LogP) is 4.61. The maximum absolute atomic E-state index is 6.91. The molecule has 6 fully saturated rings. The summed E-state index contributed by atoms with van der Waals surface area (Å²) in [7, 11) is 0. The Morgan fingerprint density at radius 3 is 1.21 bits per heavy atom. The molecule has 2 aromatic rings. The molecule has 0 saturated carbocycles. The molecule has 6 heterocycles. The standard InChI is InChI=1S/C38H54N4O5/c1-3-35(41-13-9-39-10-14-41)33(37(27-5-17-43-23-27)28-6-18-44-24-28)21-31(1)47-32-2-4-36(42-15-11-40-12-16-42)34(22-32)38(29-7-19-45-25-29)30-8-20-46-26-30/h1-4,21-22,27-30,37-40H,5-20,23-26H2. The Hall–Kier alpha value is -2.40. The summed E-state index contributed by atoms with van der Waals surface area (Å²) in [6, 6.07) is 13.8. The van der Waals surface area contributed by atoms with Crippen LogP contribution in [0.3, 0.4) is 0 Å². The van der Waals surface area contributed by atoms with E-state index >= 15 is 0 Å². The molecule has 4 unspecified atom stereocenters. The van der Waals surface area contributed by atoms with E-state index < -0.39 is 0 Å². The van der Waals surface area contributed by atoms with Crippen molar-refractivity contribution in [3.05, 3.63) is 47.5 Å². The Morgan fingerprint density at radius 1 is 0.532 bits per heavy atom. The third-order valence-electron chi connectivity index (χ3n) is 11.8. The molecular formula is C38H54N4O5. The zero-order valence-electron chi connectivity index (χ0n) is 28.0. The highest BCUT2D eigenvalue weighted by Crippen LogP contribution is 2.48. The molecule has 0 bridgehead atoms. The molecule has 0 spiro atoms. The first-order valence-corrected chi connectivity index (χ1v) is 18.5. The van der Waals surface area contributed by atoms with Crippen LogP contribution in [-0.2, 0) is 18.9 Å². The number of rotatable bonds is 10. The summed E-state index contributed by atoms with van der Waals surface area (Å²) in [5.41, 5.74) is 5.55. The van der Waals surface area contributed by atoms with Crippen LogP contribution in [-0.4, -0.2) is 105 Å². The van der Waals surface area contributed by atoms with Crippen molar-refractivity contribution in [2.75, 3.05) is 115 Å². The van der Waals surface area contributed by atoms with Crippen molar-refractivity contribution in [3.8, 4) is 11.5 Å². The van der Waals surface area contributed by atoms with Gasteiger partial charge in [0.1, 0.15) is 11.5 Å². The molecule has 0 aliphatic carbocycles. The number of benzene rings is 2. The lowest BCUT2D eigenvalue weighted by molar-refractivity contribution is 0.156. The molecule has 9 heteroatoms. The minimum Gasteiger partial charge on any atom is -0.457 e. The van der Waals surface area contributed by atoms with Gasteiger partial charge in [0, 0.05) is 90.2 Å². The highest BCUT2D eigenvalue weighted by Gasteiger charge is 2.39. The molecule has 47 heavy (non-hydrogen) atoms. The maximum Gasteiger partial charge on any atom is 0.127 e. The third kappa shape index (κ3) is 7.03. The lowest BCUT2D eigenvalue weighted by atomic mass is 9.75. The van der Waals surface area contributed by atoms with Crippen LogP contribution >= 0.6 is 0 Å². The van der Waals surface area contributed by atoms with Gasteiger partial charge in [0.25, 0.3) is 0 Å². The Kier molecular flexibility index (Phi) is 10.2. The fraction of sp³-hybridized carbons (Fsp3) is 0.684. The second kappa shape index (κ2) is 15.0. The topological polar surface area (TPSA) is 76.7 Å². The van der Waals surface area contributed by atoms with E-state index in [9.17, 15) is 0 Å². The Balaban J connectivity index is 1.16.